The Morgan fingerprint density at radius 1 is 1.37 bits per heavy atom. The highest BCUT2D eigenvalue weighted by molar-refractivity contribution is 5.89. The van der Waals surface area contributed by atoms with Gasteiger partial charge in [0.2, 0.25) is 5.70 Å². The van der Waals surface area contributed by atoms with Gasteiger partial charge in [-0.1, -0.05) is 26.0 Å². The minimum absolute atomic E-state index is 0.167. The van der Waals surface area contributed by atoms with E-state index in [1.165, 1.54) is 13.2 Å². The zero-order chi connectivity index (χ0) is 14.4. The van der Waals surface area contributed by atoms with Crippen molar-refractivity contribution >= 4 is 12.0 Å². The second-order valence-electron chi connectivity index (χ2n) is 4.60. The lowest BCUT2D eigenvalue weighted by Gasteiger charge is -2.03. The number of hydrogen-bond donors (Lipinski definition) is 0. The molecular weight excluding hydrogens is 246 g/mol. The van der Waals surface area contributed by atoms with Crippen molar-refractivity contribution in [3.8, 4) is 0 Å². The molecule has 0 fully saturated rings. The Kier molecular flexibility index (Phi) is 5.23. The Hall–Kier alpha value is -2.17. The standard InChI is InChI=1S/C14H17NO4/c1-10(2)8-13(15(17)18)9-11-4-6-12(7-5-11)14(16)19-3/h4-7,9-10H,8H2,1-3H3. The van der Waals surface area contributed by atoms with Gasteiger partial charge in [-0.2, -0.15) is 0 Å². The zero-order valence-electron chi connectivity index (χ0n) is 11.3. The number of hydrogen-bond acceptors (Lipinski definition) is 4. The molecule has 1 rings (SSSR count). The van der Waals surface area contributed by atoms with Crippen LogP contribution in [-0.2, 0) is 4.74 Å². The van der Waals surface area contributed by atoms with Gasteiger partial charge in [-0.3, -0.25) is 10.1 Å². The SMILES string of the molecule is COC(=O)c1ccc(C=C(CC(C)C)[N+](=O)[O-])cc1. The van der Waals surface area contributed by atoms with Gasteiger partial charge in [-0.25, -0.2) is 4.79 Å². The van der Waals surface area contributed by atoms with E-state index in [1.807, 2.05) is 13.8 Å². The maximum Gasteiger partial charge on any atom is 0.337 e. The van der Waals surface area contributed by atoms with E-state index >= 15 is 0 Å². The van der Waals surface area contributed by atoms with E-state index in [2.05, 4.69) is 4.74 Å². The Morgan fingerprint density at radius 3 is 2.37 bits per heavy atom. The highest BCUT2D eigenvalue weighted by atomic mass is 16.6. The molecule has 1 aromatic carbocycles. The average Bonchev–Trinajstić information content (AvgIpc) is 2.37. The van der Waals surface area contributed by atoms with Gasteiger partial charge >= 0.3 is 5.97 Å². The Balaban J connectivity index is 2.96. The van der Waals surface area contributed by atoms with Crippen molar-refractivity contribution in [2.24, 2.45) is 5.92 Å². The quantitative estimate of drug-likeness (QED) is 0.465. The van der Waals surface area contributed by atoms with E-state index in [4.69, 9.17) is 0 Å². The van der Waals surface area contributed by atoms with Gasteiger partial charge in [0.1, 0.15) is 0 Å². The van der Waals surface area contributed by atoms with Crippen molar-refractivity contribution in [2.45, 2.75) is 20.3 Å². The van der Waals surface area contributed by atoms with Crippen molar-refractivity contribution in [1.82, 2.24) is 0 Å². The summed E-state index contributed by atoms with van der Waals surface area (Å²) in [6.07, 6.45) is 1.94. The zero-order valence-corrected chi connectivity index (χ0v) is 11.3. The number of rotatable bonds is 5. The molecule has 0 saturated carbocycles. The molecule has 0 aliphatic rings. The molecule has 5 nitrogen and oxygen atoms in total. The fourth-order valence-corrected chi connectivity index (χ4v) is 1.63. The van der Waals surface area contributed by atoms with Gasteiger partial charge in [0, 0.05) is 12.5 Å². The number of nitro groups is 1. The molecule has 0 bridgehead atoms. The normalized spacial score (nSPS) is 11.5. The Bertz CT molecular complexity index is 489. The van der Waals surface area contributed by atoms with Crippen LogP contribution in [0.4, 0.5) is 0 Å². The summed E-state index contributed by atoms with van der Waals surface area (Å²) >= 11 is 0. The molecule has 0 unspecified atom stereocenters. The first-order valence-electron chi connectivity index (χ1n) is 5.97. The molecule has 1 aromatic rings. The van der Waals surface area contributed by atoms with Crippen molar-refractivity contribution < 1.29 is 14.5 Å². The summed E-state index contributed by atoms with van der Waals surface area (Å²) in [5.74, 6) is -0.210. The molecule has 0 spiro atoms. The van der Waals surface area contributed by atoms with E-state index in [1.54, 1.807) is 24.3 Å². The lowest BCUT2D eigenvalue weighted by atomic mass is 10.1. The largest absolute Gasteiger partial charge is 0.465 e. The third kappa shape index (κ3) is 4.54. The van der Waals surface area contributed by atoms with Gasteiger partial charge in [0.05, 0.1) is 17.6 Å². The minimum atomic E-state index is -0.424. The third-order valence-corrected chi connectivity index (χ3v) is 2.52. The monoisotopic (exact) mass is 263 g/mol. The molecule has 19 heavy (non-hydrogen) atoms. The van der Waals surface area contributed by atoms with Crippen molar-refractivity contribution in [3.63, 3.8) is 0 Å². The van der Waals surface area contributed by atoms with Crippen LogP contribution in [-0.4, -0.2) is 18.0 Å². The Labute approximate surface area is 112 Å². The van der Waals surface area contributed by atoms with Crippen LogP contribution in [0, 0.1) is 16.0 Å². The number of carbonyl (C=O) groups excluding carboxylic acids is 1. The second kappa shape index (κ2) is 6.68. The van der Waals surface area contributed by atoms with Crippen LogP contribution in [0.15, 0.2) is 30.0 Å². The molecule has 0 radical (unpaired) electrons. The minimum Gasteiger partial charge on any atom is -0.465 e. The van der Waals surface area contributed by atoms with Crippen LogP contribution in [0.3, 0.4) is 0 Å². The van der Waals surface area contributed by atoms with Crippen molar-refractivity contribution in [3.05, 3.63) is 51.2 Å². The predicted octanol–water partition coefficient (Wildman–Crippen LogP) is 3.14. The van der Waals surface area contributed by atoms with Gasteiger partial charge in [-0.05, 0) is 23.6 Å². The van der Waals surface area contributed by atoms with Crippen LogP contribution in [0.5, 0.6) is 0 Å². The number of allylic oxidation sites excluding steroid dienone is 1. The van der Waals surface area contributed by atoms with Crippen LogP contribution in [0.25, 0.3) is 6.08 Å². The summed E-state index contributed by atoms with van der Waals surface area (Å²) in [4.78, 5) is 21.8. The summed E-state index contributed by atoms with van der Waals surface area (Å²) in [7, 11) is 1.31. The van der Waals surface area contributed by atoms with Gasteiger partial charge in [0.25, 0.3) is 0 Å². The van der Waals surface area contributed by atoms with Crippen LogP contribution in [0.2, 0.25) is 0 Å². The number of esters is 1. The maximum atomic E-state index is 11.3. The molecule has 0 aromatic heterocycles. The average molecular weight is 263 g/mol. The summed E-state index contributed by atoms with van der Waals surface area (Å²) in [5, 5.41) is 10.9. The van der Waals surface area contributed by atoms with E-state index < -0.39 is 5.97 Å². The molecule has 0 aliphatic heterocycles. The summed E-state index contributed by atoms with van der Waals surface area (Å²) in [5.41, 5.74) is 1.28. The summed E-state index contributed by atoms with van der Waals surface area (Å²) in [6.45, 7) is 3.86. The van der Waals surface area contributed by atoms with Crippen LogP contribution >= 0.6 is 0 Å². The fourth-order valence-electron chi connectivity index (χ4n) is 1.63. The lowest BCUT2D eigenvalue weighted by molar-refractivity contribution is -0.427. The van der Waals surface area contributed by atoms with E-state index in [0.29, 0.717) is 17.5 Å². The molecular formula is C14H17NO4. The maximum absolute atomic E-state index is 11.3. The number of methoxy groups -OCH3 is 1. The molecule has 0 saturated heterocycles. The molecule has 5 heteroatoms. The molecule has 0 heterocycles. The van der Waals surface area contributed by atoms with Crippen LogP contribution < -0.4 is 0 Å². The second-order valence-corrected chi connectivity index (χ2v) is 4.60. The predicted molar refractivity (Wildman–Crippen MR) is 72.2 cm³/mol. The molecule has 0 atom stereocenters. The summed E-state index contributed by atoms with van der Waals surface area (Å²) < 4.78 is 4.59. The lowest BCUT2D eigenvalue weighted by Crippen LogP contribution is -2.03. The number of ether oxygens (including phenoxy) is 1. The topological polar surface area (TPSA) is 69.4 Å². The molecule has 0 amide bonds. The summed E-state index contributed by atoms with van der Waals surface area (Å²) in [6, 6.07) is 6.50. The van der Waals surface area contributed by atoms with Gasteiger partial charge < -0.3 is 4.74 Å². The molecule has 0 aliphatic carbocycles. The first-order chi connectivity index (χ1) is 8.93. The third-order valence-electron chi connectivity index (χ3n) is 2.52. The number of carbonyl (C=O) groups is 1. The Morgan fingerprint density at radius 2 is 1.95 bits per heavy atom. The first kappa shape index (κ1) is 14.9. The number of benzene rings is 1. The molecule has 0 N–H and O–H groups in total. The highest BCUT2D eigenvalue weighted by Gasteiger charge is 2.13. The van der Waals surface area contributed by atoms with Crippen molar-refractivity contribution in [2.75, 3.05) is 7.11 Å². The van der Waals surface area contributed by atoms with Crippen LogP contribution in [0.1, 0.15) is 36.2 Å². The van der Waals surface area contributed by atoms with E-state index in [-0.39, 0.29) is 16.5 Å². The van der Waals surface area contributed by atoms with E-state index in [0.717, 1.165) is 0 Å². The van der Waals surface area contributed by atoms with Gasteiger partial charge in [-0.15, -0.1) is 0 Å². The molecule has 102 valence electrons. The number of nitrogens with zero attached hydrogens (tertiary/aromatic N) is 1. The van der Waals surface area contributed by atoms with Gasteiger partial charge in [0.15, 0.2) is 0 Å². The highest BCUT2D eigenvalue weighted by Crippen LogP contribution is 2.16. The fraction of sp³-hybridized carbons (Fsp3) is 0.357. The smallest absolute Gasteiger partial charge is 0.337 e. The van der Waals surface area contributed by atoms with E-state index in [9.17, 15) is 14.9 Å². The van der Waals surface area contributed by atoms with Crippen molar-refractivity contribution in [1.29, 1.82) is 0 Å². The first-order valence-corrected chi connectivity index (χ1v) is 5.97.